The second-order valence-electron chi connectivity index (χ2n) is 9.49. The molecule has 2 aromatic rings. The molecule has 0 spiro atoms. The van der Waals surface area contributed by atoms with E-state index in [4.69, 9.17) is 13.9 Å². The molecule has 1 aliphatic rings. The Hall–Kier alpha value is -2.88. The molecule has 2 heterocycles. The number of aromatic amines is 1. The molecule has 0 radical (unpaired) electrons. The van der Waals surface area contributed by atoms with E-state index in [9.17, 15) is 9.59 Å². The molecule has 176 valence electrons. The first-order valence-corrected chi connectivity index (χ1v) is 10.8. The van der Waals surface area contributed by atoms with E-state index in [1.807, 2.05) is 20.8 Å². The summed E-state index contributed by atoms with van der Waals surface area (Å²) in [5.41, 5.74) is -2.44. The van der Waals surface area contributed by atoms with Gasteiger partial charge in [-0.2, -0.15) is 5.10 Å². The summed E-state index contributed by atoms with van der Waals surface area (Å²) in [6.07, 6.45) is 1.58. The van der Waals surface area contributed by atoms with Crippen molar-refractivity contribution < 1.29 is 23.5 Å². The number of alkyl carbamates (subject to hydrolysis) is 1. The summed E-state index contributed by atoms with van der Waals surface area (Å²) in [7, 11) is 0. The van der Waals surface area contributed by atoms with Crippen molar-refractivity contribution in [2.75, 3.05) is 13.2 Å². The molecule has 10 heteroatoms. The summed E-state index contributed by atoms with van der Waals surface area (Å²) >= 11 is 0. The van der Waals surface area contributed by atoms with Crippen LogP contribution in [0.4, 0.5) is 4.79 Å². The predicted molar refractivity (Wildman–Crippen MR) is 117 cm³/mol. The van der Waals surface area contributed by atoms with E-state index < -0.39 is 22.6 Å². The van der Waals surface area contributed by atoms with Crippen molar-refractivity contribution in [3.8, 4) is 11.6 Å². The van der Waals surface area contributed by atoms with Crippen molar-refractivity contribution in [1.82, 2.24) is 25.8 Å². The standard InChI is InChI=1S/C22H33N5O5/c1-7-30-15-13-22(21(15,5)6,25-19(29)32-20(2,3)4)18(28)23-11-10-16-24-17(27-26-16)14-9-8-12-31-14/h8-9,12,15H,7,10-11,13H2,1-6H3,(H,23,28)(H,25,29)(H,24,26,27). The molecule has 32 heavy (non-hydrogen) atoms. The Bertz CT molecular complexity index is 931. The Morgan fingerprint density at radius 1 is 1.34 bits per heavy atom. The summed E-state index contributed by atoms with van der Waals surface area (Å²) in [5.74, 6) is 1.36. The summed E-state index contributed by atoms with van der Waals surface area (Å²) in [6.45, 7) is 11.9. The van der Waals surface area contributed by atoms with Gasteiger partial charge in [-0.3, -0.25) is 9.89 Å². The van der Waals surface area contributed by atoms with E-state index in [1.54, 1.807) is 39.2 Å². The summed E-state index contributed by atoms with van der Waals surface area (Å²) < 4.78 is 16.5. The highest BCUT2D eigenvalue weighted by Crippen LogP contribution is 2.51. The average molecular weight is 448 g/mol. The SMILES string of the molecule is CCOC1CC(NC(=O)OC(C)(C)C)(C(=O)NCCc2nc(-c3ccco3)n[nH]2)C1(C)C. The van der Waals surface area contributed by atoms with Crippen LogP contribution in [0.25, 0.3) is 11.6 Å². The zero-order valence-electron chi connectivity index (χ0n) is 19.6. The van der Waals surface area contributed by atoms with Crippen molar-refractivity contribution >= 4 is 12.0 Å². The van der Waals surface area contributed by atoms with Crippen molar-refractivity contribution in [2.45, 2.75) is 71.6 Å². The lowest BCUT2D eigenvalue weighted by molar-refractivity contribution is -0.178. The lowest BCUT2D eigenvalue weighted by Crippen LogP contribution is -2.78. The number of amides is 2. The van der Waals surface area contributed by atoms with Crippen molar-refractivity contribution in [3.05, 3.63) is 24.2 Å². The number of aromatic nitrogens is 3. The zero-order valence-corrected chi connectivity index (χ0v) is 19.6. The Balaban J connectivity index is 1.65. The third kappa shape index (κ3) is 4.79. The number of nitrogens with one attached hydrogen (secondary N) is 3. The highest BCUT2D eigenvalue weighted by Gasteiger charge is 2.66. The van der Waals surface area contributed by atoms with Crippen LogP contribution in [0.15, 0.2) is 22.8 Å². The molecule has 1 saturated carbocycles. The van der Waals surface area contributed by atoms with Crippen LogP contribution < -0.4 is 10.6 Å². The Kier molecular flexibility index (Phi) is 6.64. The highest BCUT2D eigenvalue weighted by molar-refractivity contribution is 5.92. The number of rotatable bonds is 8. The molecule has 2 unspecified atom stereocenters. The molecular weight excluding hydrogens is 414 g/mol. The van der Waals surface area contributed by atoms with Crippen molar-refractivity contribution in [2.24, 2.45) is 5.41 Å². The molecule has 2 amide bonds. The molecular formula is C22H33N5O5. The molecule has 0 saturated heterocycles. The molecule has 2 aromatic heterocycles. The molecule has 3 rings (SSSR count). The fourth-order valence-electron chi connectivity index (χ4n) is 3.91. The normalized spacial score (nSPS) is 22.1. The number of carbonyl (C=O) groups excluding carboxylic acids is 2. The number of H-pyrrole nitrogens is 1. The van der Waals surface area contributed by atoms with E-state index in [-0.39, 0.29) is 12.0 Å². The van der Waals surface area contributed by atoms with Gasteiger partial charge in [0, 0.05) is 31.4 Å². The van der Waals surface area contributed by atoms with Crippen LogP contribution in [0.2, 0.25) is 0 Å². The minimum absolute atomic E-state index is 0.154. The first-order chi connectivity index (χ1) is 15.0. The number of furan rings is 1. The second-order valence-corrected chi connectivity index (χ2v) is 9.49. The van der Waals surface area contributed by atoms with Gasteiger partial charge in [0.05, 0.1) is 12.4 Å². The van der Waals surface area contributed by atoms with Gasteiger partial charge in [-0.05, 0) is 39.8 Å². The first-order valence-electron chi connectivity index (χ1n) is 10.8. The summed E-state index contributed by atoms with van der Waals surface area (Å²) in [6, 6.07) is 3.53. The third-order valence-corrected chi connectivity index (χ3v) is 5.79. The highest BCUT2D eigenvalue weighted by atomic mass is 16.6. The number of ether oxygens (including phenoxy) is 2. The maximum Gasteiger partial charge on any atom is 0.408 e. The Morgan fingerprint density at radius 2 is 2.09 bits per heavy atom. The fourth-order valence-corrected chi connectivity index (χ4v) is 3.91. The van der Waals surface area contributed by atoms with Gasteiger partial charge in [0.25, 0.3) is 0 Å². The first kappa shape index (κ1) is 23.8. The maximum atomic E-state index is 13.3. The fraction of sp³-hybridized carbons (Fsp3) is 0.636. The molecule has 1 aliphatic carbocycles. The minimum Gasteiger partial charge on any atom is -0.461 e. The van der Waals surface area contributed by atoms with Crippen LogP contribution in [0.3, 0.4) is 0 Å². The number of carbonyl (C=O) groups is 2. The molecule has 0 bridgehead atoms. The van der Waals surface area contributed by atoms with Crippen LogP contribution in [0.5, 0.6) is 0 Å². The van der Waals surface area contributed by atoms with Crippen LogP contribution in [-0.2, 0) is 20.7 Å². The Labute approximate surface area is 187 Å². The van der Waals surface area contributed by atoms with Crippen molar-refractivity contribution in [3.63, 3.8) is 0 Å². The molecule has 1 fully saturated rings. The largest absolute Gasteiger partial charge is 0.461 e. The van der Waals surface area contributed by atoms with Gasteiger partial charge < -0.3 is 24.5 Å². The van der Waals surface area contributed by atoms with Gasteiger partial charge in [0.2, 0.25) is 11.7 Å². The van der Waals surface area contributed by atoms with Gasteiger partial charge in [-0.15, -0.1) is 0 Å². The van der Waals surface area contributed by atoms with Crippen LogP contribution in [0.1, 0.15) is 53.8 Å². The van der Waals surface area contributed by atoms with E-state index in [0.717, 1.165) is 0 Å². The maximum absolute atomic E-state index is 13.3. The molecule has 10 nitrogen and oxygen atoms in total. The average Bonchev–Trinajstić information content (AvgIpc) is 3.37. The van der Waals surface area contributed by atoms with E-state index in [1.165, 1.54) is 0 Å². The van der Waals surface area contributed by atoms with E-state index in [2.05, 4.69) is 25.8 Å². The molecule has 2 atom stereocenters. The van der Waals surface area contributed by atoms with Crippen molar-refractivity contribution in [1.29, 1.82) is 0 Å². The molecule has 0 aromatic carbocycles. The monoisotopic (exact) mass is 447 g/mol. The summed E-state index contributed by atoms with van der Waals surface area (Å²) in [5, 5.41) is 12.7. The summed E-state index contributed by atoms with van der Waals surface area (Å²) in [4.78, 5) is 30.2. The predicted octanol–water partition coefficient (Wildman–Crippen LogP) is 2.82. The lowest BCUT2D eigenvalue weighted by atomic mass is 9.53. The van der Waals surface area contributed by atoms with E-state index >= 15 is 0 Å². The van der Waals surface area contributed by atoms with E-state index in [0.29, 0.717) is 43.4 Å². The smallest absolute Gasteiger partial charge is 0.408 e. The zero-order chi connectivity index (χ0) is 23.6. The number of hydrogen-bond acceptors (Lipinski definition) is 7. The van der Waals surface area contributed by atoms with Gasteiger partial charge in [-0.1, -0.05) is 13.8 Å². The minimum atomic E-state index is -1.14. The third-order valence-electron chi connectivity index (χ3n) is 5.79. The van der Waals surface area contributed by atoms with Gasteiger partial charge in [0.15, 0.2) is 5.76 Å². The van der Waals surface area contributed by atoms with Crippen LogP contribution in [-0.4, -0.2) is 57.6 Å². The number of hydrogen-bond donors (Lipinski definition) is 3. The molecule has 3 N–H and O–H groups in total. The lowest BCUT2D eigenvalue weighted by Gasteiger charge is -2.59. The Morgan fingerprint density at radius 3 is 2.69 bits per heavy atom. The molecule has 0 aliphatic heterocycles. The van der Waals surface area contributed by atoms with Crippen LogP contribution >= 0.6 is 0 Å². The van der Waals surface area contributed by atoms with Gasteiger partial charge >= 0.3 is 6.09 Å². The van der Waals surface area contributed by atoms with Gasteiger partial charge in [-0.25, -0.2) is 9.78 Å². The topological polar surface area (TPSA) is 131 Å². The second kappa shape index (κ2) is 8.93. The number of nitrogens with zero attached hydrogens (tertiary/aromatic N) is 2. The van der Waals surface area contributed by atoms with Crippen LogP contribution in [0, 0.1) is 5.41 Å². The van der Waals surface area contributed by atoms with Gasteiger partial charge in [0.1, 0.15) is 17.0 Å². The quantitative estimate of drug-likeness (QED) is 0.567.